The SMILES string of the molecule is CCOc1ccc(C2(O)C(N)=Nc3ccc(Cl)cc32)c(Cl)c1. The molecule has 1 aliphatic rings. The number of nitrogens with zero attached hydrogens (tertiary/aromatic N) is 1. The van der Waals surface area contributed by atoms with Crippen LogP contribution in [0.25, 0.3) is 0 Å². The van der Waals surface area contributed by atoms with E-state index in [1.165, 1.54) is 0 Å². The van der Waals surface area contributed by atoms with Crippen molar-refractivity contribution in [2.45, 2.75) is 12.5 Å². The van der Waals surface area contributed by atoms with Gasteiger partial charge in [-0.15, -0.1) is 0 Å². The average molecular weight is 337 g/mol. The summed E-state index contributed by atoms with van der Waals surface area (Å²) in [4.78, 5) is 4.22. The Bertz CT molecular complexity index is 777. The number of rotatable bonds is 3. The largest absolute Gasteiger partial charge is 0.494 e. The third-order valence-corrected chi connectivity index (χ3v) is 4.15. The van der Waals surface area contributed by atoms with Crippen LogP contribution in [0, 0.1) is 0 Å². The van der Waals surface area contributed by atoms with Crippen molar-refractivity contribution in [1.29, 1.82) is 0 Å². The van der Waals surface area contributed by atoms with Crippen LogP contribution < -0.4 is 10.5 Å². The molecule has 0 spiro atoms. The normalized spacial score (nSPS) is 19.7. The number of halogens is 2. The van der Waals surface area contributed by atoms with Gasteiger partial charge in [-0.05, 0) is 37.3 Å². The van der Waals surface area contributed by atoms with Gasteiger partial charge in [-0.1, -0.05) is 29.3 Å². The maximum Gasteiger partial charge on any atom is 0.176 e. The van der Waals surface area contributed by atoms with Gasteiger partial charge in [-0.2, -0.15) is 0 Å². The molecule has 0 saturated heterocycles. The monoisotopic (exact) mass is 336 g/mol. The van der Waals surface area contributed by atoms with Crippen molar-refractivity contribution in [2.75, 3.05) is 6.61 Å². The quantitative estimate of drug-likeness (QED) is 0.899. The molecule has 2 aromatic carbocycles. The number of fused-ring (bicyclic) bond motifs is 1. The lowest BCUT2D eigenvalue weighted by Gasteiger charge is -2.26. The third kappa shape index (κ3) is 2.24. The Labute approximate surface area is 138 Å². The van der Waals surface area contributed by atoms with E-state index in [9.17, 15) is 5.11 Å². The lowest BCUT2D eigenvalue weighted by atomic mass is 9.86. The van der Waals surface area contributed by atoms with Gasteiger partial charge in [0, 0.05) is 16.1 Å². The maximum atomic E-state index is 11.2. The summed E-state index contributed by atoms with van der Waals surface area (Å²) in [6.45, 7) is 2.41. The predicted molar refractivity (Wildman–Crippen MR) is 88.4 cm³/mol. The van der Waals surface area contributed by atoms with Crippen molar-refractivity contribution in [2.24, 2.45) is 10.7 Å². The first-order valence-electron chi connectivity index (χ1n) is 6.76. The zero-order chi connectivity index (χ0) is 15.9. The van der Waals surface area contributed by atoms with Crippen molar-refractivity contribution in [3.05, 3.63) is 57.6 Å². The van der Waals surface area contributed by atoms with Crippen LogP contribution >= 0.6 is 23.2 Å². The fourth-order valence-electron chi connectivity index (χ4n) is 2.57. The Kier molecular flexibility index (Phi) is 3.77. The molecule has 114 valence electrons. The number of hydrogen-bond donors (Lipinski definition) is 2. The number of amidine groups is 1. The molecule has 0 amide bonds. The molecule has 1 heterocycles. The molecule has 6 heteroatoms. The van der Waals surface area contributed by atoms with Crippen LogP contribution in [-0.4, -0.2) is 17.5 Å². The number of hydrogen-bond acceptors (Lipinski definition) is 4. The summed E-state index contributed by atoms with van der Waals surface area (Å²) in [6, 6.07) is 10.1. The van der Waals surface area contributed by atoms with Crippen molar-refractivity contribution in [3.63, 3.8) is 0 Å². The van der Waals surface area contributed by atoms with E-state index in [0.717, 1.165) is 0 Å². The van der Waals surface area contributed by atoms with Gasteiger partial charge in [-0.3, -0.25) is 0 Å². The molecule has 0 fully saturated rings. The second-order valence-corrected chi connectivity index (χ2v) is 5.79. The minimum Gasteiger partial charge on any atom is -0.494 e. The molecule has 0 aromatic heterocycles. The van der Waals surface area contributed by atoms with E-state index in [1.807, 2.05) is 6.92 Å². The zero-order valence-corrected chi connectivity index (χ0v) is 13.3. The van der Waals surface area contributed by atoms with Gasteiger partial charge in [0.05, 0.1) is 17.3 Å². The summed E-state index contributed by atoms with van der Waals surface area (Å²) in [5.41, 5.74) is 5.92. The Morgan fingerprint density at radius 2 is 1.95 bits per heavy atom. The molecule has 2 aromatic rings. The summed E-state index contributed by atoms with van der Waals surface area (Å²) >= 11 is 12.4. The highest BCUT2D eigenvalue weighted by Gasteiger charge is 2.43. The van der Waals surface area contributed by atoms with Crippen molar-refractivity contribution in [3.8, 4) is 5.75 Å². The lowest BCUT2D eigenvalue weighted by molar-refractivity contribution is 0.158. The Balaban J connectivity index is 2.16. The van der Waals surface area contributed by atoms with Crippen LogP contribution in [0.5, 0.6) is 5.75 Å². The smallest absolute Gasteiger partial charge is 0.176 e. The molecule has 0 bridgehead atoms. The molecular formula is C16H14Cl2N2O2. The predicted octanol–water partition coefficient (Wildman–Crippen LogP) is 3.63. The van der Waals surface area contributed by atoms with Crippen molar-refractivity contribution in [1.82, 2.24) is 0 Å². The average Bonchev–Trinajstić information content (AvgIpc) is 2.72. The Hall–Kier alpha value is -1.75. The molecular weight excluding hydrogens is 323 g/mol. The lowest BCUT2D eigenvalue weighted by Crippen LogP contribution is -2.39. The first-order chi connectivity index (χ1) is 10.5. The number of benzene rings is 2. The first kappa shape index (κ1) is 15.2. The molecule has 1 aliphatic heterocycles. The Morgan fingerprint density at radius 1 is 1.18 bits per heavy atom. The minimum atomic E-state index is -1.60. The van der Waals surface area contributed by atoms with E-state index < -0.39 is 5.60 Å². The summed E-state index contributed by atoms with van der Waals surface area (Å²) < 4.78 is 5.40. The summed E-state index contributed by atoms with van der Waals surface area (Å²) in [5, 5.41) is 12.0. The summed E-state index contributed by atoms with van der Waals surface area (Å²) in [6.07, 6.45) is 0. The van der Waals surface area contributed by atoms with Crippen LogP contribution in [0.15, 0.2) is 41.4 Å². The number of ether oxygens (including phenoxy) is 1. The highest BCUT2D eigenvalue weighted by molar-refractivity contribution is 6.32. The molecule has 0 radical (unpaired) electrons. The van der Waals surface area contributed by atoms with E-state index >= 15 is 0 Å². The molecule has 22 heavy (non-hydrogen) atoms. The van der Waals surface area contributed by atoms with Gasteiger partial charge in [0.25, 0.3) is 0 Å². The van der Waals surface area contributed by atoms with Crippen molar-refractivity contribution >= 4 is 34.7 Å². The Morgan fingerprint density at radius 3 is 2.64 bits per heavy atom. The summed E-state index contributed by atoms with van der Waals surface area (Å²) in [7, 11) is 0. The van der Waals surface area contributed by atoms with E-state index in [2.05, 4.69) is 4.99 Å². The number of aliphatic hydroxyl groups is 1. The first-order valence-corrected chi connectivity index (χ1v) is 7.52. The highest BCUT2D eigenvalue weighted by atomic mass is 35.5. The molecule has 3 rings (SSSR count). The van der Waals surface area contributed by atoms with E-state index in [4.69, 9.17) is 33.7 Å². The highest BCUT2D eigenvalue weighted by Crippen LogP contribution is 2.45. The maximum absolute atomic E-state index is 11.2. The second kappa shape index (κ2) is 5.47. The van der Waals surface area contributed by atoms with Gasteiger partial charge < -0.3 is 15.6 Å². The van der Waals surface area contributed by atoms with Gasteiger partial charge in [-0.25, -0.2) is 4.99 Å². The molecule has 4 nitrogen and oxygen atoms in total. The summed E-state index contributed by atoms with van der Waals surface area (Å²) in [5.74, 6) is 0.690. The van der Waals surface area contributed by atoms with Crippen LogP contribution in [0.4, 0.5) is 5.69 Å². The van der Waals surface area contributed by atoms with Gasteiger partial charge in [0.1, 0.15) is 11.6 Å². The van der Waals surface area contributed by atoms with E-state index in [-0.39, 0.29) is 5.84 Å². The van der Waals surface area contributed by atoms with Gasteiger partial charge >= 0.3 is 0 Å². The molecule has 0 saturated carbocycles. The molecule has 1 unspecified atom stereocenters. The van der Waals surface area contributed by atoms with Crippen LogP contribution in [0.1, 0.15) is 18.1 Å². The molecule has 0 aliphatic carbocycles. The third-order valence-electron chi connectivity index (χ3n) is 3.60. The number of nitrogens with two attached hydrogens (primary N) is 1. The second-order valence-electron chi connectivity index (χ2n) is 4.94. The topological polar surface area (TPSA) is 67.8 Å². The zero-order valence-electron chi connectivity index (χ0n) is 11.8. The van der Waals surface area contributed by atoms with E-state index in [0.29, 0.717) is 39.2 Å². The van der Waals surface area contributed by atoms with E-state index in [1.54, 1.807) is 36.4 Å². The fourth-order valence-corrected chi connectivity index (χ4v) is 3.05. The minimum absolute atomic E-state index is 0.0656. The van der Waals surface area contributed by atoms with Crippen molar-refractivity contribution < 1.29 is 9.84 Å². The molecule has 3 N–H and O–H groups in total. The van der Waals surface area contributed by atoms with Crippen LogP contribution in [0.3, 0.4) is 0 Å². The fraction of sp³-hybridized carbons (Fsp3) is 0.188. The van der Waals surface area contributed by atoms with Gasteiger partial charge in [0.2, 0.25) is 0 Å². The van der Waals surface area contributed by atoms with Crippen LogP contribution in [-0.2, 0) is 5.60 Å². The van der Waals surface area contributed by atoms with Gasteiger partial charge in [0.15, 0.2) is 5.60 Å². The van der Waals surface area contributed by atoms with Crippen LogP contribution in [0.2, 0.25) is 10.0 Å². The molecule has 1 atom stereocenters. The standard InChI is InChI=1S/C16H14Cl2N2O2/c1-2-22-10-4-5-11(13(18)8-10)16(21)12-7-9(17)3-6-14(12)20-15(16)19/h3-8,21H,2H2,1H3,(H2,19,20). The number of aliphatic imine (C=N–C) groups is 1.